The first-order valence-corrected chi connectivity index (χ1v) is 8.70. The van der Waals surface area contributed by atoms with Crippen molar-refractivity contribution in [2.45, 2.75) is 6.42 Å². The molecule has 0 unspecified atom stereocenters. The van der Waals surface area contributed by atoms with Crippen molar-refractivity contribution in [2.24, 2.45) is 5.10 Å². The number of hydrogen-bond donors (Lipinski definition) is 2. The summed E-state index contributed by atoms with van der Waals surface area (Å²) in [4.78, 5) is 20.1. The molecule has 2 N–H and O–H groups in total. The molecular formula is C21H18N4O3. The lowest BCUT2D eigenvalue weighted by atomic mass is 10.1. The van der Waals surface area contributed by atoms with E-state index >= 15 is 0 Å². The van der Waals surface area contributed by atoms with Gasteiger partial charge in [-0.2, -0.15) is 5.10 Å². The van der Waals surface area contributed by atoms with Gasteiger partial charge in [0.25, 0.3) is 5.91 Å². The predicted molar refractivity (Wildman–Crippen MR) is 106 cm³/mol. The molecule has 0 aliphatic heterocycles. The summed E-state index contributed by atoms with van der Waals surface area (Å²) >= 11 is 0. The number of benzene rings is 2. The molecule has 1 amide bonds. The van der Waals surface area contributed by atoms with Gasteiger partial charge in [0.1, 0.15) is 17.3 Å². The Morgan fingerprint density at radius 1 is 1.25 bits per heavy atom. The third kappa shape index (κ3) is 3.93. The second kappa shape index (κ2) is 7.79. The van der Waals surface area contributed by atoms with Gasteiger partial charge in [-0.15, -0.1) is 0 Å². The van der Waals surface area contributed by atoms with Gasteiger partial charge in [-0.05, 0) is 48.0 Å². The summed E-state index contributed by atoms with van der Waals surface area (Å²) in [5.74, 6) is 1.90. The van der Waals surface area contributed by atoms with E-state index in [-0.39, 0.29) is 5.91 Å². The average molecular weight is 374 g/mol. The molecule has 140 valence electrons. The van der Waals surface area contributed by atoms with Gasteiger partial charge in [0.05, 0.1) is 30.6 Å². The first-order chi connectivity index (χ1) is 13.7. The van der Waals surface area contributed by atoms with Gasteiger partial charge in [-0.3, -0.25) is 4.79 Å². The number of aromatic nitrogens is 2. The average Bonchev–Trinajstić information content (AvgIpc) is 3.37. The lowest BCUT2D eigenvalue weighted by Crippen LogP contribution is -2.17. The van der Waals surface area contributed by atoms with Crippen molar-refractivity contribution in [1.29, 1.82) is 0 Å². The number of aromatic amines is 1. The van der Waals surface area contributed by atoms with E-state index in [0.29, 0.717) is 17.7 Å². The van der Waals surface area contributed by atoms with Crippen molar-refractivity contribution in [3.63, 3.8) is 0 Å². The number of methoxy groups -OCH3 is 1. The highest BCUT2D eigenvalue weighted by atomic mass is 16.5. The van der Waals surface area contributed by atoms with E-state index < -0.39 is 0 Å². The standard InChI is InChI=1S/C21H18N4O3/c1-27-16-7-4-14(5-8-16)11-20-23-18-9-6-15(12-19(18)24-20)21(26)25-22-13-17-3-2-10-28-17/h2-10,12-13H,11H2,1H3,(H,23,24)(H,25,26)/b22-13-. The number of nitrogens with one attached hydrogen (secondary N) is 2. The molecule has 0 saturated carbocycles. The summed E-state index contributed by atoms with van der Waals surface area (Å²) in [5, 5.41) is 3.89. The van der Waals surface area contributed by atoms with E-state index in [2.05, 4.69) is 20.5 Å². The van der Waals surface area contributed by atoms with Crippen LogP contribution in [-0.2, 0) is 6.42 Å². The molecule has 0 atom stereocenters. The Morgan fingerprint density at radius 3 is 2.86 bits per heavy atom. The van der Waals surface area contributed by atoms with Gasteiger partial charge in [-0.25, -0.2) is 10.4 Å². The third-order valence-electron chi connectivity index (χ3n) is 4.22. The van der Waals surface area contributed by atoms with Crippen LogP contribution in [0.3, 0.4) is 0 Å². The van der Waals surface area contributed by atoms with Crippen LogP contribution in [0.5, 0.6) is 5.75 Å². The quantitative estimate of drug-likeness (QED) is 0.399. The van der Waals surface area contributed by atoms with E-state index in [1.165, 1.54) is 6.21 Å². The molecule has 0 aliphatic carbocycles. The molecule has 0 saturated heterocycles. The van der Waals surface area contributed by atoms with Gasteiger partial charge >= 0.3 is 0 Å². The number of ether oxygens (including phenoxy) is 1. The third-order valence-corrected chi connectivity index (χ3v) is 4.22. The summed E-state index contributed by atoms with van der Waals surface area (Å²) in [6, 6.07) is 16.6. The Labute approximate surface area is 161 Å². The van der Waals surface area contributed by atoms with Crippen LogP contribution in [0.4, 0.5) is 0 Å². The van der Waals surface area contributed by atoms with Crippen LogP contribution in [0.1, 0.15) is 27.5 Å². The summed E-state index contributed by atoms with van der Waals surface area (Å²) in [6.07, 6.45) is 3.64. The van der Waals surface area contributed by atoms with Crippen LogP contribution in [0.2, 0.25) is 0 Å². The van der Waals surface area contributed by atoms with Crippen molar-refractivity contribution in [3.8, 4) is 5.75 Å². The molecule has 7 nitrogen and oxygen atoms in total. The number of carbonyl (C=O) groups is 1. The highest BCUT2D eigenvalue weighted by Gasteiger charge is 2.09. The number of fused-ring (bicyclic) bond motifs is 1. The molecule has 2 heterocycles. The van der Waals surface area contributed by atoms with Crippen LogP contribution >= 0.6 is 0 Å². The molecule has 7 heteroatoms. The molecule has 0 radical (unpaired) electrons. The second-order valence-corrected chi connectivity index (χ2v) is 6.15. The number of nitrogens with zero attached hydrogens (tertiary/aromatic N) is 2. The largest absolute Gasteiger partial charge is 0.497 e. The van der Waals surface area contributed by atoms with Gasteiger partial charge in [0.2, 0.25) is 0 Å². The Kier molecular flexibility index (Phi) is 4.88. The monoisotopic (exact) mass is 374 g/mol. The first kappa shape index (κ1) is 17.5. The minimum atomic E-state index is -0.309. The number of H-pyrrole nitrogens is 1. The zero-order chi connectivity index (χ0) is 19.3. The molecule has 0 spiro atoms. The molecule has 4 rings (SSSR count). The van der Waals surface area contributed by atoms with Crippen LogP contribution in [0.15, 0.2) is 70.4 Å². The van der Waals surface area contributed by atoms with E-state index in [0.717, 1.165) is 28.2 Å². The SMILES string of the molecule is COc1ccc(Cc2nc3ccc(C(=O)N/N=C\c4ccco4)cc3[nH]2)cc1. The van der Waals surface area contributed by atoms with Gasteiger partial charge in [0.15, 0.2) is 0 Å². The minimum absolute atomic E-state index is 0.309. The maximum atomic E-state index is 12.3. The van der Waals surface area contributed by atoms with Crippen molar-refractivity contribution in [2.75, 3.05) is 7.11 Å². The highest BCUT2D eigenvalue weighted by Crippen LogP contribution is 2.18. The number of hydrazone groups is 1. The van der Waals surface area contributed by atoms with Gasteiger partial charge in [0, 0.05) is 12.0 Å². The van der Waals surface area contributed by atoms with Gasteiger partial charge in [-0.1, -0.05) is 12.1 Å². The van der Waals surface area contributed by atoms with Crippen LogP contribution in [0, 0.1) is 0 Å². The first-order valence-electron chi connectivity index (χ1n) is 8.70. The van der Waals surface area contributed by atoms with Crippen molar-refractivity contribution < 1.29 is 13.9 Å². The fourth-order valence-corrected chi connectivity index (χ4v) is 2.81. The van der Waals surface area contributed by atoms with Gasteiger partial charge < -0.3 is 14.1 Å². The lowest BCUT2D eigenvalue weighted by molar-refractivity contribution is 0.0955. The van der Waals surface area contributed by atoms with Crippen molar-refractivity contribution in [1.82, 2.24) is 15.4 Å². The Morgan fingerprint density at radius 2 is 2.11 bits per heavy atom. The van der Waals surface area contributed by atoms with E-state index in [9.17, 15) is 4.79 Å². The maximum Gasteiger partial charge on any atom is 0.271 e. The Hall–Kier alpha value is -3.87. The summed E-state index contributed by atoms with van der Waals surface area (Å²) in [7, 11) is 1.64. The zero-order valence-electron chi connectivity index (χ0n) is 15.2. The summed E-state index contributed by atoms with van der Waals surface area (Å²) in [6.45, 7) is 0. The molecule has 2 aromatic carbocycles. The summed E-state index contributed by atoms with van der Waals surface area (Å²) < 4.78 is 10.3. The second-order valence-electron chi connectivity index (χ2n) is 6.15. The van der Waals surface area contributed by atoms with Crippen molar-refractivity contribution >= 4 is 23.2 Å². The molecule has 0 aliphatic rings. The van der Waals surface area contributed by atoms with E-state index in [4.69, 9.17) is 9.15 Å². The number of amides is 1. The molecule has 0 bridgehead atoms. The maximum absolute atomic E-state index is 12.3. The van der Waals surface area contributed by atoms with E-state index in [1.54, 1.807) is 37.6 Å². The van der Waals surface area contributed by atoms with Crippen LogP contribution in [-0.4, -0.2) is 29.2 Å². The molecule has 28 heavy (non-hydrogen) atoms. The fourth-order valence-electron chi connectivity index (χ4n) is 2.81. The zero-order valence-corrected chi connectivity index (χ0v) is 15.2. The molecular weight excluding hydrogens is 356 g/mol. The van der Waals surface area contributed by atoms with E-state index in [1.807, 2.05) is 30.3 Å². The highest BCUT2D eigenvalue weighted by molar-refractivity contribution is 5.97. The Bertz CT molecular complexity index is 1110. The topological polar surface area (TPSA) is 92.5 Å². The van der Waals surface area contributed by atoms with Crippen LogP contribution < -0.4 is 10.2 Å². The normalized spacial score (nSPS) is 11.2. The number of imidazole rings is 1. The molecule has 0 fully saturated rings. The smallest absolute Gasteiger partial charge is 0.271 e. The lowest BCUT2D eigenvalue weighted by Gasteiger charge is -2.01. The van der Waals surface area contributed by atoms with Crippen molar-refractivity contribution in [3.05, 3.63) is 83.6 Å². The number of rotatable bonds is 6. The minimum Gasteiger partial charge on any atom is -0.497 e. The number of carbonyl (C=O) groups excluding carboxylic acids is 1. The predicted octanol–water partition coefficient (Wildman–Crippen LogP) is 3.52. The van der Waals surface area contributed by atoms with Crippen LogP contribution in [0.25, 0.3) is 11.0 Å². The fraction of sp³-hybridized carbons (Fsp3) is 0.0952. The molecule has 4 aromatic rings. The molecule has 2 aromatic heterocycles. The summed E-state index contributed by atoms with van der Waals surface area (Å²) in [5.41, 5.74) is 5.69. The number of furan rings is 1. The number of hydrogen-bond acceptors (Lipinski definition) is 5. The Balaban J connectivity index is 1.47.